The summed E-state index contributed by atoms with van der Waals surface area (Å²) in [6, 6.07) is 3.97. The molecule has 0 unspecified atom stereocenters. The number of nitrogens with zero attached hydrogens (tertiary/aromatic N) is 2. The maximum absolute atomic E-state index is 12.3. The molecule has 0 N–H and O–H groups in total. The summed E-state index contributed by atoms with van der Waals surface area (Å²) >= 11 is 0. The van der Waals surface area contributed by atoms with E-state index in [0.717, 1.165) is 31.5 Å². The van der Waals surface area contributed by atoms with Gasteiger partial charge in [0.25, 0.3) is 0 Å². The number of aryl methyl sites for hydroxylation is 1. The van der Waals surface area contributed by atoms with Crippen LogP contribution in [0.25, 0.3) is 0 Å². The molecule has 1 aromatic rings. The van der Waals surface area contributed by atoms with Gasteiger partial charge in [-0.25, -0.2) is 0 Å². The molecule has 1 aromatic heterocycles. The summed E-state index contributed by atoms with van der Waals surface area (Å²) in [6.45, 7) is 4.13. The molecule has 3 rings (SSSR count). The second kappa shape index (κ2) is 5.78. The van der Waals surface area contributed by atoms with Crippen molar-refractivity contribution in [2.45, 2.75) is 32.6 Å². The Morgan fingerprint density at radius 1 is 1.40 bits per heavy atom. The summed E-state index contributed by atoms with van der Waals surface area (Å²) in [5, 5.41) is 0. The third-order valence-corrected chi connectivity index (χ3v) is 4.63. The standard InChI is InChI=1S/C17H22N2O/c1-13-4-6-15-11-19(12-16(15)9-13)17(20)7-5-14-3-2-8-18-10-14/h2-4,8,10,15-16H,5-7,9,11-12H2,1H3/t15-,16+/m1/s1. The van der Waals surface area contributed by atoms with E-state index in [0.29, 0.717) is 24.2 Å². The predicted octanol–water partition coefficient (Wildman–Crippen LogP) is 2.83. The molecular formula is C17H22N2O. The quantitative estimate of drug-likeness (QED) is 0.791. The molecule has 3 heteroatoms. The van der Waals surface area contributed by atoms with Crippen molar-refractivity contribution < 1.29 is 4.79 Å². The van der Waals surface area contributed by atoms with Crippen molar-refractivity contribution in [1.29, 1.82) is 0 Å². The number of aromatic nitrogens is 1. The van der Waals surface area contributed by atoms with Crippen LogP contribution in [0.2, 0.25) is 0 Å². The first kappa shape index (κ1) is 13.3. The van der Waals surface area contributed by atoms with Gasteiger partial charge in [0, 0.05) is 31.9 Å². The molecule has 3 nitrogen and oxygen atoms in total. The van der Waals surface area contributed by atoms with Crippen molar-refractivity contribution in [2.24, 2.45) is 11.8 Å². The lowest BCUT2D eigenvalue weighted by atomic mass is 9.83. The van der Waals surface area contributed by atoms with Gasteiger partial charge in [-0.05, 0) is 49.7 Å². The molecule has 1 amide bonds. The molecular weight excluding hydrogens is 248 g/mol. The van der Waals surface area contributed by atoms with Crippen LogP contribution >= 0.6 is 0 Å². The van der Waals surface area contributed by atoms with E-state index in [1.165, 1.54) is 12.0 Å². The molecule has 0 radical (unpaired) electrons. The first-order valence-electron chi connectivity index (χ1n) is 7.54. The number of pyridine rings is 1. The molecule has 0 spiro atoms. The number of carbonyl (C=O) groups excluding carboxylic acids is 1. The van der Waals surface area contributed by atoms with Crippen LogP contribution in [0.15, 0.2) is 36.2 Å². The van der Waals surface area contributed by atoms with Crippen LogP contribution in [-0.2, 0) is 11.2 Å². The summed E-state index contributed by atoms with van der Waals surface area (Å²) in [4.78, 5) is 18.5. The molecule has 1 fully saturated rings. The first-order chi connectivity index (χ1) is 9.72. The Morgan fingerprint density at radius 3 is 3.05 bits per heavy atom. The SMILES string of the molecule is CC1=CC[C@@H]2CN(C(=O)CCc3cccnc3)C[C@@H]2C1. The maximum atomic E-state index is 12.3. The van der Waals surface area contributed by atoms with E-state index in [4.69, 9.17) is 0 Å². The maximum Gasteiger partial charge on any atom is 0.222 e. The average Bonchev–Trinajstić information content (AvgIpc) is 2.89. The number of fused-ring (bicyclic) bond motifs is 1. The van der Waals surface area contributed by atoms with Gasteiger partial charge >= 0.3 is 0 Å². The highest BCUT2D eigenvalue weighted by Crippen LogP contribution is 2.35. The average molecular weight is 270 g/mol. The second-order valence-corrected chi connectivity index (χ2v) is 6.17. The number of likely N-dealkylation sites (tertiary alicyclic amines) is 1. The van der Waals surface area contributed by atoms with Gasteiger partial charge in [0.1, 0.15) is 0 Å². The molecule has 0 aromatic carbocycles. The fourth-order valence-electron chi connectivity index (χ4n) is 3.45. The van der Waals surface area contributed by atoms with Gasteiger partial charge in [-0.1, -0.05) is 17.7 Å². The molecule has 1 aliphatic carbocycles. The Bertz CT molecular complexity index is 509. The number of hydrogen-bond donors (Lipinski definition) is 0. The number of carbonyl (C=O) groups is 1. The van der Waals surface area contributed by atoms with Crippen LogP contribution in [-0.4, -0.2) is 28.9 Å². The van der Waals surface area contributed by atoms with E-state index in [9.17, 15) is 4.79 Å². The van der Waals surface area contributed by atoms with E-state index >= 15 is 0 Å². The number of rotatable bonds is 3. The van der Waals surface area contributed by atoms with Crippen LogP contribution in [0.1, 0.15) is 31.7 Å². The summed E-state index contributed by atoms with van der Waals surface area (Å²) < 4.78 is 0. The van der Waals surface area contributed by atoms with E-state index in [1.807, 2.05) is 18.3 Å². The minimum Gasteiger partial charge on any atom is -0.342 e. The third kappa shape index (κ3) is 2.92. The van der Waals surface area contributed by atoms with Crippen LogP contribution < -0.4 is 0 Å². The molecule has 1 saturated heterocycles. The minimum absolute atomic E-state index is 0.306. The van der Waals surface area contributed by atoms with Crippen LogP contribution in [0.4, 0.5) is 0 Å². The molecule has 2 aliphatic rings. The van der Waals surface area contributed by atoms with Crippen molar-refractivity contribution in [3.8, 4) is 0 Å². The first-order valence-corrected chi connectivity index (χ1v) is 7.54. The van der Waals surface area contributed by atoms with E-state index in [1.54, 1.807) is 6.20 Å². The third-order valence-electron chi connectivity index (χ3n) is 4.63. The number of amides is 1. The van der Waals surface area contributed by atoms with Crippen LogP contribution in [0.5, 0.6) is 0 Å². The van der Waals surface area contributed by atoms with Gasteiger partial charge < -0.3 is 4.90 Å². The highest BCUT2D eigenvalue weighted by molar-refractivity contribution is 5.76. The molecule has 0 bridgehead atoms. The molecule has 2 heterocycles. The van der Waals surface area contributed by atoms with Crippen LogP contribution in [0.3, 0.4) is 0 Å². The lowest BCUT2D eigenvalue weighted by molar-refractivity contribution is -0.130. The normalized spacial score (nSPS) is 25.2. The summed E-state index contributed by atoms with van der Waals surface area (Å²) in [5.41, 5.74) is 2.64. The van der Waals surface area contributed by atoms with Crippen molar-refractivity contribution in [1.82, 2.24) is 9.88 Å². The monoisotopic (exact) mass is 270 g/mol. The lowest BCUT2D eigenvalue weighted by Gasteiger charge is -2.21. The Balaban J connectivity index is 1.52. The largest absolute Gasteiger partial charge is 0.342 e. The Labute approximate surface area is 120 Å². The topological polar surface area (TPSA) is 33.2 Å². The van der Waals surface area contributed by atoms with Crippen molar-refractivity contribution in [3.05, 3.63) is 41.7 Å². The highest BCUT2D eigenvalue weighted by Gasteiger charge is 2.35. The second-order valence-electron chi connectivity index (χ2n) is 6.17. The highest BCUT2D eigenvalue weighted by atomic mass is 16.2. The molecule has 20 heavy (non-hydrogen) atoms. The zero-order valence-corrected chi connectivity index (χ0v) is 12.1. The molecule has 0 saturated carbocycles. The van der Waals surface area contributed by atoms with E-state index in [-0.39, 0.29) is 0 Å². The van der Waals surface area contributed by atoms with Crippen molar-refractivity contribution >= 4 is 5.91 Å². The predicted molar refractivity (Wildman–Crippen MR) is 79.1 cm³/mol. The van der Waals surface area contributed by atoms with E-state index in [2.05, 4.69) is 22.9 Å². The molecule has 106 valence electrons. The van der Waals surface area contributed by atoms with Gasteiger partial charge in [0.15, 0.2) is 0 Å². The zero-order chi connectivity index (χ0) is 13.9. The van der Waals surface area contributed by atoms with Crippen molar-refractivity contribution in [2.75, 3.05) is 13.1 Å². The van der Waals surface area contributed by atoms with Crippen molar-refractivity contribution in [3.63, 3.8) is 0 Å². The Hall–Kier alpha value is -1.64. The minimum atomic E-state index is 0.306. The Morgan fingerprint density at radius 2 is 2.25 bits per heavy atom. The summed E-state index contributed by atoms with van der Waals surface area (Å²) in [5.74, 6) is 1.70. The zero-order valence-electron chi connectivity index (χ0n) is 12.1. The summed E-state index contributed by atoms with van der Waals surface area (Å²) in [7, 11) is 0. The summed E-state index contributed by atoms with van der Waals surface area (Å²) in [6.07, 6.45) is 9.72. The molecule has 1 aliphatic heterocycles. The van der Waals surface area contributed by atoms with Gasteiger partial charge in [-0.2, -0.15) is 0 Å². The number of allylic oxidation sites excluding steroid dienone is 2. The molecule has 2 atom stereocenters. The van der Waals surface area contributed by atoms with Crippen LogP contribution in [0, 0.1) is 11.8 Å². The van der Waals surface area contributed by atoms with Gasteiger partial charge in [-0.15, -0.1) is 0 Å². The fourth-order valence-corrected chi connectivity index (χ4v) is 3.45. The van der Waals surface area contributed by atoms with Gasteiger partial charge in [0.2, 0.25) is 5.91 Å². The van der Waals surface area contributed by atoms with Gasteiger partial charge in [0.05, 0.1) is 0 Å². The van der Waals surface area contributed by atoms with Gasteiger partial charge in [-0.3, -0.25) is 9.78 Å². The smallest absolute Gasteiger partial charge is 0.222 e. The number of hydrogen-bond acceptors (Lipinski definition) is 2. The fraction of sp³-hybridized carbons (Fsp3) is 0.529. The Kier molecular flexibility index (Phi) is 3.86. The van der Waals surface area contributed by atoms with E-state index < -0.39 is 0 Å². The lowest BCUT2D eigenvalue weighted by Crippen LogP contribution is -2.29.